The van der Waals surface area contributed by atoms with Crippen LogP contribution in [0.2, 0.25) is 0 Å². The van der Waals surface area contributed by atoms with Gasteiger partial charge in [-0.15, -0.1) is 0 Å². The zero-order valence-corrected chi connectivity index (χ0v) is 16.5. The zero-order chi connectivity index (χ0) is 22.1. The Labute approximate surface area is 180 Å². The molecular weight excluding hydrogens is 423 g/mol. The summed E-state index contributed by atoms with van der Waals surface area (Å²) in [6, 6.07) is 14.4. The van der Waals surface area contributed by atoms with Crippen LogP contribution >= 0.6 is 12.2 Å². The first-order valence-corrected chi connectivity index (χ1v) is 9.35. The van der Waals surface area contributed by atoms with Gasteiger partial charge in [-0.25, -0.2) is 9.18 Å². The minimum atomic E-state index is -1.04. The Kier molecular flexibility index (Phi) is 5.18. The second kappa shape index (κ2) is 7.96. The zero-order valence-electron chi connectivity index (χ0n) is 15.7. The van der Waals surface area contributed by atoms with Gasteiger partial charge in [0.25, 0.3) is 11.8 Å². The number of carboxylic acid groups (broad SMARTS) is 1. The molecule has 2 N–H and O–H groups in total. The smallest absolute Gasteiger partial charge is 0.335 e. The molecule has 0 unspecified atom stereocenters. The van der Waals surface area contributed by atoms with E-state index in [0.29, 0.717) is 17.0 Å². The van der Waals surface area contributed by atoms with Gasteiger partial charge in [0.05, 0.1) is 11.3 Å². The number of carbonyl (C=O) groups is 3. The molecule has 1 aliphatic heterocycles. The largest absolute Gasteiger partial charge is 0.478 e. The van der Waals surface area contributed by atoms with Crippen molar-refractivity contribution in [1.82, 2.24) is 5.32 Å². The molecule has 2 heterocycles. The summed E-state index contributed by atoms with van der Waals surface area (Å²) in [5, 5.41) is 11.3. The number of halogens is 1. The number of hydrogen-bond donors (Lipinski definition) is 2. The van der Waals surface area contributed by atoms with Crippen LogP contribution in [0, 0.1) is 5.82 Å². The molecule has 31 heavy (non-hydrogen) atoms. The Morgan fingerprint density at radius 1 is 1.03 bits per heavy atom. The minimum Gasteiger partial charge on any atom is -0.478 e. The Morgan fingerprint density at radius 3 is 2.35 bits per heavy atom. The predicted molar refractivity (Wildman–Crippen MR) is 114 cm³/mol. The molecule has 3 aromatic rings. The highest BCUT2D eigenvalue weighted by molar-refractivity contribution is 7.80. The molecule has 0 aliphatic carbocycles. The normalized spacial score (nSPS) is 15.3. The van der Waals surface area contributed by atoms with Gasteiger partial charge in [0.1, 0.15) is 22.9 Å². The van der Waals surface area contributed by atoms with E-state index in [0.717, 1.165) is 4.90 Å². The van der Waals surface area contributed by atoms with Crippen molar-refractivity contribution < 1.29 is 28.3 Å². The van der Waals surface area contributed by atoms with Crippen molar-refractivity contribution >= 4 is 46.9 Å². The molecule has 0 radical (unpaired) electrons. The number of carboxylic acids is 1. The summed E-state index contributed by atoms with van der Waals surface area (Å²) < 4.78 is 18.9. The SMILES string of the molecule is O=C1NC(=S)N(c2ccc(F)cc2)C(=O)/C1=C\c1ccc(-c2ccc(C(=O)O)cc2)o1. The fourth-order valence-corrected chi connectivity index (χ4v) is 3.27. The highest BCUT2D eigenvalue weighted by Crippen LogP contribution is 2.26. The third-order valence-corrected chi connectivity index (χ3v) is 4.80. The van der Waals surface area contributed by atoms with E-state index in [1.54, 1.807) is 24.3 Å². The van der Waals surface area contributed by atoms with Gasteiger partial charge in [-0.3, -0.25) is 19.8 Å². The van der Waals surface area contributed by atoms with Gasteiger partial charge >= 0.3 is 5.97 Å². The lowest BCUT2D eigenvalue weighted by Crippen LogP contribution is -2.54. The van der Waals surface area contributed by atoms with Crippen LogP contribution in [0.25, 0.3) is 17.4 Å². The topological polar surface area (TPSA) is 99.9 Å². The standard InChI is InChI=1S/C22H13FN2O5S/c23-14-5-7-15(8-6-14)25-20(27)17(19(26)24-22(25)31)11-16-9-10-18(30-16)12-1-3-13(4-2-12)21(28)29/h1-11H,(H,28,29)(H,24,26,31)/b17-11-. The van der Waals surface area contributed by atoms with Crippen molar-refractivity contribution in [3.05, 3.63) is 83.4 Å². The van der Waals surface area contributed by atoms with Crippen molar-refractivity contribution in [3.63, 3.8) is 0 Å². The fourth-order valence-electron chi connectivity index (χ4n) is 2.99. The van der Waals surface area contributed by atoms with E-state index >= 15 is 0 Å². The second-order valence-electron chi connectivity index (χ2n) is 6.52. The number of carbonyl (C=O) groups excluding carboxylic acids is 2. The molecule has 154 valence electrons. The summed E-state index contributed by atoms with van der Waals surface area (Å²) in [5.41, 5.74) is 0.864. The lowest BCUT2D eigenvalue weighted by atomic mass is 10.1. The summed E-state index contributed by atoms with van der Waals surface area (Å²) in [6.07, 6.45) is 1.28. The molecule has 4 rings (SSSR count). The van der Waals surface area contributed by atoms with Crippen molar-refractivity contribution in [2.24, 2.45) is 0 Å². The molecular formula is C22H13FN2O5S. The number of rotatable bonds is 4. The molecule has 0 atom stereocenters. The average molecular weight is 436 g/mol. The highest BCUT2D eigenvalue weighted by Gasteiger charge is 2.34. The molecule has 0 spiro atoms. The average Bonchev–Trinajstić information content (AvgIpc) is 3.21. The lowest BCUT2D eigenvalue weighted by molar-refractivity contribution is -0.122. The number of benzene rings is 2. The van der Waals surface area contributed by atoms with Crippen LogP contribution in [0.1, 0.15) is 16.1 Å². The van der Waals surface area contributed by atoms with E-state index in [9.17, 15) is 18.8 Å². The molecule has 9 heteroatoms. The Morgan fingerprint density at radius 2 is 1.71 bits per heavy atom. The van der Waals surface area contributed by atoms with Crippen molar-refractivity contribution in [3.8, 4) is 11.3 Å². The third kappa shape index (κ3) is 3.99. The summed E-state index contributed by atoms with van der Waals surface area (Å²) in [4.78, 5) is 37.4. The summed E-state index contributed by atoms with van der Waals surface area (Å²) in [7, 11) is 0. The van der Waals surface area contributed by atoms with Crippen molar-refractivity contribution in [2.45, 2.75) is 0 Å². The molecule has 1 aliphatic rings. The van der Waals surface area contributed by atoms with Gasteiger partial charge in [-0.1, -0.05) is 12.1 Å². The first-order chi connectivity index (χ1) is 14.8. The van der Waals surface area contributed by atoms with Gasteiger partial charge in [0.15, 0.2) is 5.11 Å². The number of nitrogens with one attached hydrogen (secondary N) is 1. The van der Waals surface area contributed by atoms with Crippen LogP contribution in [0.5, 0.6) is 0 Å². The van der Waals surface area contributed by atoms with E-state index in [1.807, 2.05) is 0 Å². The minimum absolute atomic E-state index is 0.114. The second-order valence-corrected chi connectivity index (χ2v) is 6.91. The number of anilines is 1. The van der Waals surface area contributed by atoms with E-state index in [1.165, 1.54) is 42.5 Å². The number of amides is 2. The van der Waals surface area contributed by atoms with Gasteiger partial charge < -0.3 is 9.52 Å². The van der Waals surface area contributed by atoms with Crippen LogP contribution in [0.15, 0.2) is 70.7 Å². The number of nitrogens with zero attached hydrogens (tertiary/aromatic N) is 1. The monoisotopic (exact) mass is 436 g/mol. The first-order valence-electron chi connectivity index (χ1n) is 8.94. The predicted octanol–water partition coefficient (Wildman–Crippen LogP) is 3.62. The molecule has 1 aromatic heterocycles. The highest BCUT2D eigenvalue weighted by atomic mass is 32.1. The van der Waals surface area contributed by atoms with Gasteiger partial charge in [0.2, 0.25) is 0 Å². The number of aromatic carboxylic acids is 1. The number of furan rings is 1. The van der Waals surface area contributed by atoms with Crippen LogP contribution in [-0.4, -0.2) is 28.0 Å². The Bertz CT molecular complexity index is 1250. The van der Waals surface area contributed by atoms with Crippen LogP contribution < -0.4 is 10.2 Å². The van der Waals surface area contributed by atoms with Crippen LogP contribution in [0.4, 0.5) is 10.1 Å². The first kappa shape index (κ1) is 20.2. The summed E-state index contributed by atoms with van der Waals surface area (Å²) in [6.45, 7) is 0. The maximum atomic E-state index is 13.2. The lowest BCUT2D eigenvalue weighted by Gasteiger charge is -2.28. The molecule has 1 saturated heterocycles. The Balaban J connectivity index is 1.63. The molecule has 2 aromatic carbocycles. The molecule has 0 saturated carbocycles. The number of thiocarbonyl (C=S) groups is 1. The maximum Gasteiger partial charge on any atom is 0.335 e. The molecule has 0 bridgehead atoms. The molecule has 7 nitrogen and oxygen atoms in total. The maximum absolute atomic E-state index is 13.2. The van der Waals surface area contributed by atoms with E-state index in [-0.39, 0.29) is 22.0 Å². The third-order valence-electron chi connectivity index (χ3n) is 4.52. The van der Waals surface area contributed by atoms with Crippen molar-refractivity contribution in [1.29, 1.82) is 0 Å². The van der Waals surface area contributed by atoms with E-state index < -0.39 is 23.6 Å². The van der Waals surface area contributed by atoms with Crippen LogP contribution in [0.3, 0.4) is 0 Å². The van der Waals surface area contributed by atoms with Crippen molar-refractivity contribution in [2.75, 3.05) is 4.90 Å². The van der Waals surface area contributed by atoms with Gasteiger partial charge in [-0.2, -0.15) is 0 Å². The van der Waals surface area contributed by atoms with Gasteiger partial charge in [-0.05, 0) is 66.8 Å². The summed E-state index contributed by atoms with van der Waals surface area (Å²) in [5.74, 6) is -2.21. The summed E-state index contributed by atoms with van der Waals surface area (Å²) >= 11 is 5.10. The van der Waals surface area contributed by atoms with E-state index in [2.05, 4.69) is 5.32 Å². The Hall–Kier alpha value is -4.11. The fraction of sp³-hybridized carbons (Fsp3) is 0. The van der Waals surface area contributed by atoms with Crippen LogP contribution in [-0.2, 0) is 9.59 Å². The molecule has 2 amide bonds. The number of hydrogen-bond acceptors (Lipinski definition) is 5. The van der Waals surface area contributed by atoms with Gasteiger partial charge in [0, 0.05) is 5.56 Å². The quantitative estimate of drug-likeness (QED) is 0.368. The van der Waals surface area contributed by atoms with E-state index in [4.69, 9.17) is 21.7 Å². The molecule has 1 fully saturated rings.